The maximum absolute atomic E-state index is 10.2. The molecule has 0 aromatic heterocycles. The van der Waals surface area contributed by atoms with Crippen LogP contribution in [0.15, 0.2) is 12.3 Å². The molecule has 0 saturated carbocycles. The smallest absolute Gasteiger partial charge is 0.221 e. The third kappa shape index (κ3) is 0.850. The lowest BCUT2D eigenvalue weighted by molar-refractivity contribution is -0.133. The molecule has 0 aliphatic carbocycles. The monoisotopic (exact) mass is 126 g/mol. The standard InChI is InChI=1S/C6H6O3/c7-4-6(5-8)2-1-3-9-6/h1,3-5H,2H2. The molecule has 0 fully saturated rings. The normalized spacial score (nSPS) is 20.9. The first-order chi connectivity index (χ1) is 4.33. The lowest BCUT2D eigenvalue weighted by Crippen LogP contribution is -2.31. The molecule has 3 nitrogen and oxygen atoms in total. The summed E-state index contributed by atoms with van der Waals surface area (Å²) in [5.74, 6) is 0. The maximum Gasteiger partial charge on any atom is 0.221 e. The molecule has 0 aromatic rings. The van der Waals surface area contributed by atoms with E-state index in [1.165, 1.54) is 6.26 Å². The summed E-state index contributed by atoms with van der Waals surface area (Å²) in [4.78, 5) is 20.3. The van der Waals surface area contributed by atoms with Crippen molar-refractivity contribution in [3.63, 3.8) is 0 Å². The first-order valence-corrected chi connectivity index (χ1v) is 2.58. The molecule has 0 amide bonds. The average Bonchev–Trinajstić information content (AvgIpc) is 2.36. The third-order valence-corrected chi connectivity index (χ3v) is 1.22. The van der Waals surface area contributed by atoms with Crippen LogP contribution in [0.3, 0.4) is 0 Å². The van der Waals surface area contributed by atoms with E-state index in [1.807, 2.05) is 0 Å². The summed E-state index contributed by atoms with van der Waals surface area (Å²) in [6.45, 7) is 0. The van der Waals surface area contributed by atoms with Gasteiger partial charge in [0.15, 0.2) is 12.6 Å². The van der Waals surface area contributed by atoms with Crippen LogP contribution in [0.5, 0.6) is 0 Å². The highest BCUT2D eigenvalue weighted by Gasteiger charge is 2.31. The molecule has 0 atom stereocenters. The van der Waals surface area contributed by atoms with E-state index in [9.17, 15) is 9.59 Å². The molecule has 0 spiro atoms. The minimum absolute atomic E-state index is 0.361. The molecule has 0 N–H and O–H groups in total. The van der Waals surface area contributed by atoms with Gasteiger partial charge in [0.05, 0.1) is 6.26 Å². The van der Waals surface area contributed by atoms with Crippen LogP contribution in [-0.4, -0.2) is 18.2 Å². The van der Waals surface area contributed by atoms with Crippen molar-refractivity contribution in [3.05, 3.63) is 12.3 Å². The molecule has 1 rings (SSSR count). The average molecular weight is 126 g/mol. The van der Waals surface area contributed by atoms with Gasteiger partial charge in [-0.15, -0.1) is 0 Å². The second-order valence-electron chi connectivity index (χ2n) is 1.88. The van der Waals surface area contributed by atoms with Crippen molar-refractivity contribution in [2.45, 2.75) is 12.0 Å². The summed E-state index contributed by atoms with van der Waals surface area (Å²) >= 11 is 0. The fourth-order valence-corrected chi connectivity index (χ4v) is 0.635. The van der Waals surface area contributed by atoms with E-state index in [0.717, 1.165) is 0 Å². The van der Waals surface area contributed by atoms with E-state index < -0.39 is 5.60 Å². The van der Waals surface area contributed by atoms with Crippen molar-refractivity contribution in [2.24, 2.45) is 0 Å². The highest BCUT2D eigenvalue weighted by molar-refractivity contribution is 5.88. The number of hydrogen-bond donors (Lipinski definition) is 0. The molecular weight excluding hydrogens is 120 g/mol. The highest BCUT2D eigenvalue weighted by atomic mass is 16.5. The van der Waals surface area contributed by atoms with Crippen molar-refractivity contribution in [3.8, 4) is 0 Å². The number of carbonyl (C=O) groups is 2. The van der Waals surface area contributed by atoms with Gasteiger partial charge in [0.1, 0.15) is 0 Å². The van der Waals surface area contributed by atoms with Crippen molar-refractivity contribution in [1.82, 2.24) is 0 Å². The summed E-state index contributed by atoms with van der Waals surface area (Å²) < 4.78 is 4.72. The minimum atomic E-state index is -1.19. The summed E-state index contributed by atoms with van der Waals surface area (Å²) in [6, 6.07) is 0. The predicted molar refractivity (Wildman–Crippen MR) is 29.7 cm³/mol. The quantitative estimate of drug-likeness (QED) is 0.388. The molecule has 3 heteroatoms. The zero-order chi connectivity index (χ0) is 6.74. The summed E-state index contributed by atoms with van der Waals surface area (Å²) in [6.07, 6.45) is 4.39. The molecule has 1 heterocycles. The van der Waals surface area contributed by atoms with Gasteiger partial charge in [-0.2, -0.15) is 0 Å². The number of hydrogen-bond acceptors (Lipinski definition) is 3. The van der Waals surface area contributed by atoms with Crippen LogP contribution >= 0.6 is 0 Å². The van der Waals surface area contributed by atoms with Crippen LogP contribution in [0.4, 0.5) is 0 Å². The van der Waals surface area contributed by atoms with Crippen LogP contribution in [0.2, 0.25) is 0 Å². The number of rotatable bonds is 2. The largest absolute Gasteiger partial charge is 0.480 e. The number of aldehydes is 2. The Kier molecular flexibility index (Phi) is 1.34. The van der Waals surface area contributed by atoms with E-state index in [4.69, 9.17) is 4.74 Å². The van der Waals surface area contributed by atoms with Crippen LogP contribution in [0, 0.1) is 0 Å². The van der Waals surface area contributed by atoms with Crippen molar-refractivity contribution >= 4 is 12.6 Å². The zero-order valence-electron chi connectivity index (χ0n) is 4.74. The Morgan fingerprint density at radius 1 is 1.44 bits per heavy atom. The van der Waals surface area contributed by atoms with Gasteiger partial charge in [-0.05, 0) is 6.08 Å². The van der Waals surface area contributed by atoms with Gasteiger partial charge in [-0.25, -0.2) is 0 Å². The minimum Gasteiger partial charge on any atom is -0.480 e. The Bertz CT molecular complexity index is 142. The van der Waals surface area contributed by atoms with Crippen LogP contribution in [-0.2, 0) is 14.3 Å². The fraction of sp³-hybridized carbons (Fsp3) is 0.333. The van der Waals surface area contributed by atoms with Crippen LogP contribution < -0.4 is 0 Å². The van der Waals surface area contributed by atoms with Gasteiger partial charge in [-0.1, -0.05) is 0 Å². The first-order valence-electron chi connectivity index (χ1n) is 2.58. The molecule has 48 valence electrons. The van der Waals surface area contributed by atoms with Crippen molar-refractivity contribution in [1.29, 1.82) is 0 Å². The molecule has 0 aromatic carbocycles. The Balaban J connectivity index is 2.71. The molecule has 1 aliphatic heterocycles. The number of ether oxygens (including phenoxy) is 1. The van der Waals surface area contributed by atoms with Gasteiger partial charge < -0.3 is 4.74 Å². The van der Waals surface area contributed by atoms with E-state index in [-0.39, 0.29) is 0 Å². The van der Waals surface area contributed by atoms with Gasteiger partial charge in [0.25, 0.3) is 0 Å². The number of carbonyl (C=O) groups excluding carboxylic acids is 2. The molecule has 0 bridgehead atoms. The topological polar surface area (TPSA) is 43.4 Å². The Labute approximate surface area is 52.3 Å². The predicted octanol–water partition coefficient (Wildman–Crippen LogP) is 0.0570. The molecule has 0 radical (unpaired) electrons. The molecule has 9 heavy (non-hydrogen) atoms. The van der Waals surface area contributed by atoms with Crippen LogP contribution in [0.25, 0.3) is 0 Å². The summed E-state index contributed by atoms with van der Waals surface area (Å²) in [5.41, 5.74) is -1.19. The van der Waals surface area contributed by atoms with E-state index in [0.29, 0.717) is 19.0 Å². The molecule has 1 aliphatic rings. The fourth-order valence-electron chi connectivity index (χ4n) is 0.635. The Hall–Kier alpha value is -1.12. The zero-order valence-corrected chi connectivity index (χ0v) is 4.74. The van der Waals surface area contributed by atoms with Gasteiger partial charge in [-0.3, -0.25) is 9.59 Å². The highest BCUT2D eigenvalue weighted by Crippen LogP contribution is 2.17. The van der Waals surface area contributed by atoms with Gasteiger partial charge in [0, 0.05) is 6.42 Å². The first kappa shape index (κ1) is 6.01. The van der Waals surface area contributed by atoms with Crippen LogP contribution in [0.1, 0.15) is 6.42 Å². The Morgan fingerprint density at radius 2 is 2.11 bits per heavy atom. The lowest BCUT2D eigenvalue weighted by atomic mass is 10.1. The molecule has 0 saturated heterocycles. The molecule has 0 unspecified atom stereocenters. The van der Waals surface area contributed by atoms with E-state index in [1.54, 1.807) is 6.08 Å². The van der Waals surface area contributed by atoms with Crippen molar-refractivity contribution in [2.75, 3.05) is 0 Å². The SMILES string of the molecule is O=CC1(C=O)CC=CO1. The lowest BCUT2D eigenvalue weighted by Gasteiger charge is -2.12. The van der Waals surface area contributed by atoms with Crippen molar-refractivity contribution < 1.29 is 14.3 Å². The van der Waals surface area contributed by atoms with Gasteiger partial charge >= 0.3 is 0 Å². The summed E-state index contributed by atoms with van der Waals surface area (Å²) in [5, 5.41) is 0. The summed E-state index contributed by atoms with van der Waals surface area (Å²) in [7, 11) is 0. The van der Waals surface area contributed by atoms with E-state index >= 15 is 0 Å². The van der Waals surface area contributed by atoms with Gasteiger partial charge in [0.2, 0.25) is 5.60 Å². The third-order valence-electron chi connectivity index (χ3n) is 1.22. The molecular formula is C6H6O3. The van der Waals surface area contributed by atoms with E-state index in [2.05, 4.69) is 0 Å². The maximum atomic E-state index is 10.2. The Morgan fingerprint density at radius 3 is 2.33 bits per heavy atom. The second-order valence-corrected chi connectivity index (χ2v) is 1.88. The second kappa shape index (κ2) is 2.01.